The SMILES string of the molecule is COc1ccc(NS(=O)(=O)c2ccc(N)c(C)c2)cc1. The van der Waals surface area contributed by atoms with E-state index in [9.17, 15) is 8.42 Å². The molecule has 0 amide bonds. The number of methoxy groups -OCH3 is 1. The molecular weight excluding hydrogens is 276 g/mol. The first-order valence-electron chi connectivity index (χ1n) is 5.95. The first-order valence-corrected chi connectivity index (χ1v) is 7.44. The highest BCUT2D eigenvalue weighted by Gasteiger charge is 2.14. The van der Waals surface area contributed by atoms with Crippen LogP contribution in [0.1, 0.15) is 5.56 Å². The van der Waals surface area contributed by atoms with Crippen molar-refractivity contribution in [2.45, 2.75) is 11.8 Å². The Kier molecular flexibility index (Phi) is 3.85. The Bertz CT molecular complexity index is 710. The van der Waals surface area contributed by atoms with E-state index in [1.54, 1.807) is 50.4 Å². The molecule has 106 valence electrons. The van der Waals surface area contributed by atoms with Gasteiger partial charge in [-0.1, -0.05) is 0 Å². The van der Waals surface area contributed by atoms with Crippen LogP contribution < -0.4 is 15.2 Å². The van der Waals surface area contributed by atoms with Gasteiger partial charge >= 0.3 is 0 Å². The zero-order valence-corrected chi connectivity index (χ0v) is 12.1. The second-order valence-electron chi connectivity index (χ2n) is 4.35. The fourth-order valence-corrected chi connectivity index (χ4v) is 2.83. The Morgan fingerprint density at radius 2 is 1.75 bits per heavy atom. The highest BCUT2D eigenvalue weighted by molar-refractivity contribution is 7.92. The van der Waals surface area contributed by atoms with Crippen LogP contribution in [0.3, 0.4) is 0 Å². The van der Waals surface area contributed by atoms with Gasteiger partial charge in [0.25, 0.3) is 10.0 Å². The van der Waals surface area contributed by atoms with Crippen molar-refractivity contribution in [3.63, 3.8) is 0 Å². The van der Waals surface area contributed by atoms with Gasteiger partial charge in [-0.3, -0.25) is 4.72 Å². The summed E-state index contributed by atoms with van der Waals surface area (Å²) in [6.45, 7) is 1.77. The first kappa shape index (κ1) is 14.2. The van der Waals surface area contributed by atoms with Crippen molar-refractivity contribution in [1.29, 1.82) is 0 Å². The van der Waals surface area contributed by atoms with Gasteiger partial charge in [0.05, 0.1) is 12.0 Å². The van der Waals surface area contributed by atoms with Crippen LogP contribution in [0.5, 0.6) is 5.75 Å². The van der Waals surface area contributed by atoms with E-state index in [1.165, 1.54) is 6.07 Å². The Morgan fingerprint density at radius 1 is 1.10 bits per heavy atom. The van der Waals surface area contributed by atoms with Crippen molar-refractivity contribution in [1.82, 2.24) is 0 Å². The van der Waals surface area contributed by atoms with Crippen LogP contribution in [-0.2, 0) is 10.0 Å². The molecule has 0 bridgehead atoms. The summed E-state index contributed by atoms with van der Waals surface area (Å²) in [4.78, 5) is 0.181. The van der Waals surface area contributed by atoms with E-state index in [0.717, 1.165) is 5.56 Å². The van der Waals surface area contributed by atoms with Gasteiger partial charge in [0.15, 0.2) is 0 Å². The number of hydrogen-bond acceptors (Lipinski definition) is 4. The Balaban J connectivity index is 2.27. The normalized spacial score (nSPS) is 11.1. The van der Waals surface area contributed by atoms with Gasteiger partial charge in [0.1, 0.15) is 5.75 Å². The molecule has 2 aromatic carbocycles. The van der Waals surface area contributed by atoms with Gasteiger partial charge in [-0.2, -0.15) is 0 Å². The fraction of sp³-hybridized carbons (Fsp3) is 0.143. The quantitative estimate of drug-likeness (QED) is 0.848. The van der Waals surface area contributed by atoms with E-state index in [2.05, 4.69) is 4.72 Å². The maximum Gasteiger partial charge on any atom is 0.261 e. The summed E-state index contributed by atoms with van der Waals surface area (Å²) in [5.41, 5.74) is 7.45. The molecule has 0 saturated heterocycles. The number of aryl methyl sites for hydroxylation is 1. The second-order valence-corrected chi connectivity index (χ2v) is 6.03. The average Bonchev–Trinajstić information content (AvgIpc) is 2.42. The van der Waals surface area contributed by atoms with Crippen molar-refractivity contribution in [3.8, 4) is 5.75 Å². The number of sulfonamides is 1. The molecule has 0 aliphatic heterocycles. The standard InChI is InChI=1S/C14H16N2O3S/c1-10-9-13(7-8-14(10)15)20(17,18)16-11-3-5-12(19-2)6-4-11/h3-9,16H,15H2,1-2H3. The fourth-order valence-electron chi connectivity index (χ4n) is 1.69. The molecule has 3 N–H and O–H groups in total. The van der Waals surface area contributed by atoms with Gasteiger partial charge in [-0.15, -0.1) is 0 Å². The van der Waals surface area contributed by atoms with Crippen molar-refractivity contribution >= 4 is 21.4 Å². The third kappa shape index (κ3) is 3.03. The van der Waals surface area contributed by atoms with Crippen LogP contribution in [-0.4, -0.2) is 15.5 Å². The molecular formula is C14H16N2O3S. The molecule has 0 unspecified atom stereocenters. The number of hydrogen-bond donors (Lipinski definition) is 2. The van der Waals surface area contributed by atoms with Crippen LogP contribution in [0.15, 0.2) is 47.4 Å². The lowest BCUT2D eigenvalue weighted by atomic mass is 10.2. The van der Waals surface area contributed by atoms with Crippen LogP contribution >= 0.6 is 0 Å². The summed E-state index contributed by atoms with van der Waals surface area (Å²) in [6, 6.07) is 11.3. The van der Waals surface area contributed by atoms with Gasteiger partial charge in [0.2, 0.25) is 0 Å². The molecule has 0 radical (unpaired) electrons. The summed E-state index contributed by atoms with van der Waals surface area (Å²) in [5.74, 6) is 0.663. The average molecular weight is 292 g/mol. The maximum atomic E-state index is 12.2. The first-order chi connectivity index (χ1) is 9.42. The van der Waals surface area contributed by atoms with Crippen LogP contribution in [0, 0.1) is 6.92 Å². The van der Waals surface area contributed by atoms with E-state index < -0.39 is 10.0 Å². The van der Waals surface area contributed by atoms with E-state index in [-0.39, 0.29) is 4.90 Å². The molecule has 0 saturated carbocycles. The number of ether oxygens (including phenoxy) is 1. The Hall–Kier alpha value is -2.21. The lowest BCUT2D eigenvalue weighted by Crippen LogP contribution is -2.13. The molecule has 6 heteroatoms. The molecule has 0 heterocycles. The third-order valence-electron chi connectivity index (χ3n) is 2.89. The van der Waals surface area contributed by atoms with Gasteiger partial charge in [-0.25, -0.2) is 8.42 Å². The van der Waals surface area contributed by atoms with E-state index in [4.69, 9.17) is 10.5 Å². The third-order valence-corrected chi connectivity index (χ3v) is 4.27. The minimum absolute atomic E-state index is 0.181. The molecule has 2 rings (SSSR count). The van der Waals surface area contributed by atoms with Crippen molar-refractivity contribution in [2.24, 2.45) is 0 Å². The van der Waals surface area contributed by atoms with Crippen molar-refractivity contribution in [3.05, 3.63) is 48.0 Å². The lowest BCUT2D eigenvalue weighted by Gasteiger charge is -2.10. The highest BCUT2D eigenvalue weighted by atomic mass is 32.2. The minimum atomic E-state index is -3.62. The molecule has 20 heavy (non-hydrogen) atoms. The maximum absolute atomic E-state index is 12.2. The van der Waals surface area contributed by atoms with Crippen LogP contribution in [0.4, 0.5) is 11.4 Å². The van der Waals surface area contributed by atoms with Gasteiger partial charge in [0, 0.05) is 11.4 Å². The summed E-state index contributed by atoms with van der Waals surface area (Å²) >= 11 is 0. The van der Waals surface area contributed by atoms with E-state index >= 15 is 0 Å². The monoisotopic (exact) mass is 292 g/mol. The summed E-state index contributed by atoms with van der Waals surface area (Å²) in [5, 5.41) is 0. The minimum Gasteiger partial charge on any atom is -0.497 e. The molecule has 0 aromatic heterocycles. The number of nitrogen functional groups attached to an aromatic ring is 1. The number of rotatable bonds is 4. The topological polar surface area (TPSA) is 81.4 Å². The van der Waals surface area contributed by atoms with Crippen molar-refractivity contribution < 1.29 is 13.2 Å². The van der Waals surface area contributed by atoms with Gasteiger partial charge < -0.3 is 10.5 Å². The largest absolute Gasteiger partial charge is 0.497 e. The summed E-state index contributed by atoms with van der Waals surface area (Å²) in [7, 11) is -2.07. The highest BCUT2D eigenvalue weighted by Crippen LogP contribution is 2.21. The zero-order valence-electron chi connectivity index (χ0n) is 11.3. The second kappa shape index (κ2) is 5.42. The summed E-state index contributed by atoms with van der Waals surface area (Å²) < 4.78 is 32.0. The molecule has 0 aliphatic carbocycles. The molecule has 0 atom stereocenters. The van der Waals surface area contributed by atoms with E-state index in [0.29, 0.717) is 17.1 Å². The number of anilines is 2. The molecule has 0 spiro atoms. The lowest BCUT2D eigenvalue weighted by molar-refractivity contribution is 0.415. The molecule has 5 nitrogen and oxygen atoms in total. The number of nitrogens with one attached hydrogen (secondary N) is 1. The smallest absolute Gasteiger partial charge is 0.261 e. The Labute approximate surface area is 118 Å². The van der Waals surface area contributed by atoms with E-state index in [1.807, 2.05) is 0 Å². The zero-order chi connectivity index (χ0) is 14.8. The molecule has 2 aromatic rings. The predicted octanol–water partition coefficient (Wildman–Crippen LogP) is 2.39. The summed E-state index contributed by atoms with van der Waals surface area (Å²) in [6.07, 6.45) is 0. The number of nitrogens with two attached hydrogens (primary N) is 1. The van der Waals surface area contributed by atoms with Crippen LogP contribution in [0.2, 0.25) is 0 Å². The number of benzene rings is 2. The van der Waals surface area contributed by atoms with Crippen molar-refractivity contribution in [2.75, 3.05) is 17.6 Å². The van der Waals surface area contributed by atoms with Gasteiger partial charge in [-0.05, 0) is 55.0 Å². The Morgan fingerprint density at radius 3 is 2.30 bits per heavy atom. The molecule has 0 aliphatic rings. The van der Waals surface area contributed by atoms with Crippen LogP contribution in [0.25, 0.3) is 0 Å². The molecule has 0 fully saturated rings. The predicted molar refractivity (Wildman–Crippen MR) is 79.4 cm³/mol.